The molecule has 0 fully saturated rings. The molecular weight excluding hydrogens is 283 g/mol. The molecule has 0 radical (unpaired) electrons. The molecule has 0 aliphatic rings. The van der Waals surface area contributed by atoms with E-state index in [-0.39, 0.29) is 0 Å². The van der Waals surface area contributed by atoms with Crippen molar-refractivity contribution in [3.05, 3.63) is 12.2 Å². The average Bonchev–Trinajstić information content (AvgIpc) is 2.43. The fourth-order valence-electron chi connectivity index (χ4n) is 0.730. The van der Waals surface area contributed by atoms with Crippen molar-refractivity contribution >= 4 is 22.7 Å². The third-order valence-electron chi connectivity index (χ3n) is 1.60. The number of thiol groups is 1. The smallest absolute Gasteiger partial charge is 0.485 e. The molecule has 0 aromatic carbocycles. The molecule has 6 nitrogen and oxygen atoms in total. The Labute approximate surface area is 101 Å². The molecule has 0 spiro atoms. The lowest BCUT2D eigenvalue weighted by Gasteiger charge is -2.08. The summed E-state index contributed by atoms with van der Waals surface area (Å²) in [6.45, 7) is 0. The molecule has 0 amide bonds. The van der Waals surface area contributed by atoms with Crippen molar-refractivity contribution in [2.24, 2.45) is 14.1 Å². The van der Waals surface area contributed by atoms with Gasteiger partial charge in [-0.05, 0) is 5.10 Å². The molecule has 1 aromatic rings. The molecule has 0 aliphatic carbocycles. The molecule has 1 heterocycles. The van der Waals surface area contributed by atoms with Gasteiger partial charge in [0.15, 0.2) is 10.1 Å². The Balaban J connectivity index is 0.000000304. The summed E-state index contributed by atoms with van der Waals surface area (Å²) in [5, 5.41) is 4.02. The van der Waals surface area contributed by atoms with Crippen molar-refractivity contribution in [3.63, 3.8) is 0 Å². The zero-order valence-corrected chi connectivity index (χ0v) is 10.6. The van der Waals surface area contributed by atoms with E-state index < -0.39 is 15.6 Å². The molecular formula is C6H10F3N3O3S2. The number of halogens is 3. The Bertz CT molecular complexity index is 449. The standard InChI is InChI=1S/C5H9N3S.CHF3O3S/c1-7-4-6-8(2)5(7)3-9;2-1(3,4)8(5,6)7/h4H,3H2,1-2H3;(H,5,6,7). The van der Waals surface area contributed by atoms with Gasteiger partial charge in [-0.2, -0.15) is 25.8 Å². The van der Waals surface area contributed by atoms with Crippen LogP contribution in [0.4, 0.5) is 13.2 Å². The largest absolute Gasteiger partial charge is 0.741 e. The molecule has 0 saturated carbocycles. The van der Waals surface area contributed by atoms with Crippen LogP contribution in [0.15, 0.2) is 6.33 Å². The summed E-state index contributed by atoms with van der Waals surface area (Å²) in [6.07, 6.45) is 1.77. The second-order valence-corrected chi connectivity index (χ2v) is 4.53. The number of hydrogen-bond donors (Lipinski definition) is 1. The van der Waals surface area contributed by atoms with Crippen molar-refractivity contribution in [1.29, 1.82) is 0 Å². The quantitative estimate of drug-likeness (QED) is 0.334. The van der Waals surface area contributed by atoms with Crippen LogP contribution in [0.3, 0.4) is 0 Å². The van der Waals surface area contributed by atoms with Crippen LogP contribution in [0.1, 0.15) is 5.82 Å². The fraction of sp³-hybridized carbons (Fsp3) is 0.667. The lowest BCUT2D eigenvalue weighted by Crippen LogP contribution is -2.34. The molecule has 0 N–H and O–H groups in total. The predicted molar refractivity (Wildman–Crippen MR) is 52.8 cm³/mol. The van der Waals surface area contributed by atoms with Gasteiger partial charge in [0, 0.05) is 0 Å². The van der Waals surface area contributed by atoms with Crippen LogP contribution in [0.25, 0.3) is 0 Å². The Morgan fingerprint density at radius 2 is 2.00 bits per heavy atom. The number of hydrogen-bond acceptors (Lipinski definition) is 5. The van der Waals surface area contributed by atoms with Crippen molar-refractivity contribution in [2.75, 3.05) is 0 Å². The monoisotopic (exact) mass is 293 g/mol. The predicted octanol–water partition coefficient (Wildman–Crippen LogP) is -0.274. The maximum atomic E-state index is 10.7. The van der Waals surface area contributed by atoms with Crippen LogP contribution < -0.4 is 4.68 Å². The second-order valence-electron chi connectivity index (χ2n) is 2.84. The van der Waals surface area contributed by atoms with Crippen LogP contribution in [-0.4, -0.2) is 28.1 Å². The molecule has 1 aromatic heterocycles. The molecule has 100 valence electrons. The third-order valence-corrected chi connectivity index (χ3v) is 2.45. The van der Waals surface area contributed by atoms with E-state index in [0.717, 1.165) is 11.6 Å². The van der Waals surface area contributed by atoms with Gasteiger partial charge in [0.2, 0.25) is 6.33 Å². The highest BCUT2D eigenvalue weighted by atomic mass is 32.2. The average molecular weight is 293 g/mol. The second kappa shape index (κ2) is 5.69. The summed E-state index contributed by atoms with van der Waals surface area (Å²) < 4.78 is 62.7. The van der Waals surface area contributed by atoms with E-state index in [1.54, 1.807) is 6.33 Å². The molecule has 0 bridgehead atoms. The molecule has 11 heteroatoms. The normalized spacial score (nSPS) is 11.9. The summed E-state index contributed by atoms with van der Waals surface area (Å²) in [7, 11) is -2.23. The van der Waals surface area contributed by atoms with Gasteiger partial charge in [0.1, 0.15) is 7.05 Å². The first-order valence-corrected chi connectivity index (χ1v) is 6.04. The molecule has 1 rings (SSSR count). The maximum Gasteiger partial charge on any atom is 0.485 e. The topological polar surface area (TPSA) is 78.9 Å². The van der Waals surface area contributed by atoms with Crippen molar-refractivity contribution < 1.29 is 30.8 Å². The van der Waals surface area contributed by atoms with Gasteiger partial charge in [-0.1, -0.05) is 0 Å². The first-order chi connectivity index (χ1) is 7.50. The number of nitrogens with zero attached hydrogens (tertiary/aromatic N) is 3. The molecule has 0 aliphatic heterocycles. The lowest BCUT2D eigenvalue weighted by molar-refractivity contribution is -0.734. The molecule has 0 saturated heterocycles. The molecule has 17 heavy (non-hydrogen) atoms. The summed E-state index contributed by atoms with van der Waals surface area (Å²) in [4.78, 5) is 0. The zero-order valence-electron chi connectivity index (χ0n) is 8.84. The van der Waals surface area contributed by atoms with Gasteiger partial charge >= 0.3 is 5.51 Å². The van der Waals surface area contributed by atoms with E-state index in [4.69, 9.17) is 13.0 Å². The van der Waals surface area contributed by atoms with Crippen LogP contribution >= 0.6 is 12.6 Å². The zero-order chi connectivity index (χ0) is 13.9. The van der Waals surface area contributed by atoms with Crippen LogP contribution in [0.5, 0.6) is 0 Å². The minimum Gasteiger partial charge on any atom is -0.741 e. The summed E-state index contributed by atoms with van der Waals surface area (Å²) in [6, 6.07) is 0. The Morgan fingerprint density at radius 3 is 2.12 bits per heavy atom. The SMILES string of the molecule is Cn1cn[n+](C)c1CS.O=S(=O)([O-])C(F)(F)F. The Hall–Kier alpha value is -0.810. The van der Waals surface area contributed by atoms with E-state index in [1.807, 2.05) is 23.3 Å². The third kappa shape index (κ3) is 4.91. The number of alkyl halides is 3. The number of rotatable bonds is 1. The molecule has 0 atom stereocenters. The minimum atomic E-state index is -6.09. The summed E-state index contributed by atoms with van der Waals surface area (Å²) in [5.74, 6) is 1.84. The first kappa shape index (κ1) is 16.2. The molecule has 0 unspecified atom stereocenters. The first-order valence-electron chi connectivity index (χ1n) is 4.00. The Kier molecular flexibility index (Phi) is 5.42. The van der Waals surface area contributed by atoms with Crippen molar-refractivity contribution in [1.82, 2.24) is 9.67 Å². The van der Waals surface area contributed by atoms with Gasteiger partial charge < -0.3 is 4.55 Å². The lowest BCUT2D eigenvalue weighted by atomic mass is 10.7. The van der Waals surface area contributed by atoms with Crippen LogP contribution in [0, 0.1) is 0 Å². The van der Waals surface area contributed by atoms with Gasteiger partial charge in [-0.15, -0.1) is 4.68 Å². The van der Waals surface area contributed by atoms with Crippen molar-refractivity contribution in [2.45, 2.75) is 11.3 Å². The highest BCUT2D eigenvalue weighted by Crippen LogP contribution is 2.20. The van der Waals surface area contributed by atoms with E-state index in [0.29, 0.717) is 0 Å². The van der Waals surface area contributed by atoms with Crippen LogP contribution in [-0.2, 0) is 30.0 Å². The van der Waals surface area contributed by atoms with Gasteiger partial charge in [0.05, 0.1) is 12.8 Å². The highest BCUT2D eigenvalue weighted by molar-refractivity contribution is 7.86. The van der Waals surface area contributed by atoms with Gasteiger partial charge in [0.25, 0.3) is 5.82 Å². The van der Waals surface area contributed by atoms with E-state index >= 15 is 0 Å². The van der Waals surface area contributed by atoms with Crippen molar-refractivity contribution in [3.8, 4) is 0 Å². The van der Waals surface area contributed by atoms with Gasteiger partial charge in [-0.25, -0.2) is 13.0 Å². The fourth-order valence-corrected chi connectivity index (χ4v) is 1.16. The Morgan fingerprint density at radius 1 is 1.59 bits per heavy atom. The number of aryl methyl sites for hydroxylation is 2. The summed E-state index contributed by atoms with van der Waals surface area (Å²) in [5.41, 5.74) is -5.65. The maximum absolute atomic E-state index is 10.7. The van der Waals surface area contributed by atoms with E-state index in [1.165, 1.54) is 0 Å². The van der Waals surface area contributed by atoms with Gasteiger partial charge in [-0.3, -0.25) is 0 Å². The number of aromatic nitrogens is 3. The minimum absolute atomic E-state index is 0.729. The van der Waals surface area contributed by atoms with E-state index in [9.17, 15) is 13.2 Å². The summed E-state index contributed by atoms with van der Waals surface area (Å²) >= 11 is 4.13. The van der Waals surface area contributed by atoms with E-state index in [2.05, 4.69) is 17.7 Å². The van der Waals surface area contributed by atoms with Crippen LogP contribution in [0.2, 0.25) is 0 Å². The highest BCUT2D eigenvalue weighted by Gasteiger charge is 2.36.